The average Bonchev–Trinajstić information content (AvgIpc) is 2.67. The molecule has 1 aromatic rings. The summed E-state index contributed by atoms with van der Waals surface area (Å²) in [5.74, 6) is 0. The fourth-order valence-corrected chi connectivity index (χ4v) is 2.86. The maximum absolute atomic E-state index is 10.9. The molecule has 6 heteroatoms. The Bertz CT molecular complexity index is 407. The molecule has 17 heavy (non-hydrogen) atoms. The van der Waals surface area contributed by atoms with Crippen LogP contribution >= 0.6 is 11.3 Å². The number of nitrogens with zero attached hydrogens (tertiary/aromatic N) is 3. The van der Waals surface area contributed by atoms with Crippen LogP contribution in [-0.4, -0.2) is 51.7 Å². The first-order valence-corrected chi connectivity index (χ1v) is 6.51. The van der Waals surface area contributed by atoms with Gasteiger partial charge in [-0.2, -0.15) is 0 Å². The van der Waals surface area contributed by atoms with Gasteiger partial charge in [0.1, 0.15) is 5.01 Å². The number of hydrogen-bond acceptors (Lipinski definition) is 4. The van der Waals surface area contributed by atoms with Crippen LogP contribution in [-0.2, 0) is 6.54 Å². The molecule has 1 aliphatic rings. The lowest BCUT2D eigenvalue weighted by molar-refractivity contribution is 0.0712. The highest BCUT2D eigenvalue weighted by atomic mass is 32.1. The van der Waals surface area contributed by atoms with Crippen molar-refractivity contribution in [3.8, 4) is 0 Å². The highest BCUT2D eigenvalue weighted by Crippen LogP contribution is 2.17. The van der Waals surface area contributed by atoms with E-state index in [0.717, 1.165) is 18.1 Å². The summed E-state index contributed by atoms with van der Waals surface area (Å²) in [6, 6.07) is 0.254. The summed E-state index contributed by atoms with van der Waals surface area (Å²) in [4.78, 5) is 20.2. The number of rotatable bonds is 2. The van der Waals surface area contributed by atoms with E-state index in [4.69, 9.17) is 5.11 Å². The SMILES string of the molecule is Cc1cnc(CN2CCN(C(=O)O)CC2C)s1. The number of aromatic nitrogens is 1. The average molecular weight is 255 g/mol. The molecular weight excluding hydrogens is 238 g/mol. The van der Waals surface area contributed by atoms with E-state index in [1.165, 1.54) is 9.78 Å². The highest BCUT2D eigenvalue weighted by molar-refractivity contribution is 7.11. The second-order valence-electron chi connectivity index (χ2n) is 4.41. The number of hydrogen-bond donors (Lipinski definition) is 1. The lowest BCUT2D eigenvalue weighted by atomic mass is 10.2. The van der Waals surface area contributed by atoms with Crippen molar-refractivity contribution >= 4 is 17.4 Å². The summed E-state index contributed by atoms with van der Waals surface area (Å²) in [5, 5.41) is 10.0. The van der Waals surface area contributed by atoms with Crippen LogP contribution < -0.4 is 0 Å². The van der Waals surface area contributed by atoms with E-state index in [-0.39, 0.29) is 6.04 Å². The molecule has 2 heterocycles. The van der Waals surface area contributed by atoms with Gasteiger partial charge in [-0.25, -0.2) is 9.78 Å². The molecule has 0 aliphatic carbocycles. The van der Waals surface area contributed by atoms with Crippen LogP contribution in [0, 0.1) is 6.92 Å². The summed E-state index contributed by atoms with van der Waals surface area (Å²) < 4.78 is 0. The van der Waals surface area contributed by atoms with E-state index in [0.29, 0.717) is 13.1 Å². The van der Waals surface area contributed by atoms with E-state index in [1.807, 2.05) is 13.1 Å². The number of thiazole rings is 1. The Balaban J connectivity index is 1.93. The van der Waals surface area contributed by atoms with Crippen LogP contribution in [0.4, 0.5) is 4.79 Å². The zero-order valence-electron chi connectivity index (χ0n) is 10.1. The van der Waals surface area contributed by atoms with Crippen LogP contribution in [0.15, 0.2) is 6.20 Å². The van der Waals surface area contributed by atoms with Crippen LogP contribution in [0.5, 0.6) is 0 Å². The molecule has 1 saturated heterocycles. The van der Waals surface area contributed by atoms with Crippen molar-refractivity contribution in [1.29, 1.82) is 0 Å². The predicted molar refractivity (Wildman–Crippen MR) is 66.3 cm³/mol. The van der Waals surface area contributed by atoms with Gasteiger partial charge in [0.15, 0.2) is 0 Å². The standard InChI is InChI=1S/C11H17N3O2S/c1-8-6-14(11(15)16)4-3-13(8)7-10-12-5-9(2)17-10/h5,8H,3-4,6-7H2,1-2H3,(H,15,16). The molecule has 94 valence electrons. The van der Waals surface area contributed by atoms with Gasteiger partial charge in [0.2, 0.25) is 0 Å². The van der Waals surface area contributed by atoms with Crippen molar-refractivity contribution in [2.45, 2.75) is 26.4 Å². The molecule has 1 unspecified atom stereocenters. The minimum absolute atomic E-state index is 0.254. The van der Waals surface area contributed by atoms with Gasteiger partial charge in [0, 0.05) is 36.8 Å². The lowest BCUT2D eigenvalue weighted by Crippen LogP contribution is -2.52. The van der Waals surface area contributed by atoms with Crippen LogP contribution in [0.2, 0.25) is 0 Å². The van der Waals surface area contributed by atoms with E-state index in [1.54, 1.807) is 11.3 Å². The van der Waals surface area contributed by atoms with Gasteiger partial charge in [-0.1, -0.05) is 0 Å². The predicted octanol–water partition coefficient (Wildman–Crippen LogP) is 1.64. The summed E-state index contributed by atoms with van der Waals surface area (Å²) in [7, 11) is 0. The Labute approximate surface area is 105 Å². The maximum atomic E-state index is 10.9. The maximum Gasteiger partial charge on any atom is 0.407 e. The monoisotopic (exact) mass is 255 g/mol. The summed E-state index contributed by atoms with van der Waals surface area (Å²) in [6.45, 7) is 6.89. The summed E-state index contributed by atoms with van der Waals surface area (Å²) >= 11 is 1.71. The zero-order valence-corrected chi connectivity index (χ0v) is 10.9. The minimum atomic E-state index is -0.818. The van der Waals surface area contributed by atoms with Gasteiger partial charge in [-0.15, -0.1) is 11.3 Å². The fraction of sp³-hybridized carbons (Fsp3) is 0.636. The third-order valence-corrected chi connectivity index (χ3v) is 3.94. The Kier molecular flexibility index (Phi) is 3.63. The number of carbonyl (C=O) groups is 1. The Morgan fingerprint density at radius 3 is 2.94 bits per heavy atom. The van der Waals surface area contributed by atoms with Crippen LogP contribution in [0.3, 0.4) is 0 Å². The Hall–Kier alpha value is -1.14. The number of amides is 1. The normalized spacial score (nSPS) is 21.8. The molecule has 1 amide bonds. The van der Waals surface area contributed by atoms with Gasteiger partial charge in [0.05, 0.1) is 6.54 Å². The number of piperazine rings is 1. The third kappa shape index (κ3) is 2.95. The van der Waals surface area contributed by atoms with Crippen molar-refractivity contribution in [2.24, 2.45) is 0 Å². The molecule has 1 N–H and O–H groups in total. The van der Waals surface area contributed by atoms with Crippen molar-refractivity contribution in [2.75, 3.05) is 19.6 Å². The first-order chi connectivity index (χ1) is 8.06. The molecule has 1 aromatic heterocycles. The van der Waals surface area contributed by atoms with Crippen molar-refractivity contribution in [3.05, 3.63) is 16.1 Å². The van der Waals surface area contributed by atoms with E-state index >= 15 is 0 Å². The smallest absolute Gasteiger partial charge is 0.407 e. The zero-order chi connectivity index (χ0) is 12.4. The Morgan fingerprint density at radius 1 is 1.65 bits per heavy atom. The van der Waals surface area contributed by atoms with Gasteiger partial charge >= 0.3 is 6.09 Å². The molecule has 0 radical (unpaired) electrons. The second kappa shape index (κ2) is 5.01. The minimum Gasteiger partial charge on any atom is -0.465 e. The molecule has 5 nitrogen and oxygen atoms in total. The molecule has 1 fully saturated rings. The Morgan fingerprint density at radius 2 is 2.41 bits per heavy atom. The summed E-state index contributed by atoms with van der Waals surface area (Å²) in [5.41, 5.74) is 0. The molecule has 0 bridgehead atoms. The number of carboxylic acid groups (broad SMARTS) is 1. The largest absolute Gasteiger partial charge is 0.465 e. The molecule has 1 aliphatic heterocycles. The van der Waals surface area contributed by atoms with E-state index in [2.05, 4.69) is 16.8 Å². The fourth-order valence-electron chi connectivity index (χ4n) is 2.05. The molecule has 0 saturated carbocycles. The molecule has 1 atom stereocenters. The third-order valence-electron chi connectivity index (χ3n) is 3.04. The van der Waals surface area contributed by atoms with Crippen molar-refractivity contribution in [1.82, 2.24) is 14.8 Å². The molecule has 0 aromatic carbocycles. The lowest BCUT2D eigenvalue weighted by Gasteiger charge is -2.38. The number of aryl methyl sites for hydroxylation is 1. The van der Waals surface area contributed by atoms with E-state index < -0.39 is 6.09 Å². The van der Waals surface area contributed by atoms with E-state index in [9.17, 15) is 4.79 Å². The van der Waals surface area contributed by atoms with Gasteiger partial charge in [0.25, 0.3) is 0 Å². The van der Waals surface area contributed by atoms with Crippen LogP contribution in [0.25, 0.3) is 0 Å². The first-order valence-electron chi connectivity index (χ1n) is 5.69. The van der Waals surface area contributed by atoms with Crippen molar-refractivity contribution < 1.29 is 9.90 Å². The van der Waals surface area contributed by atoms with Gasteiger partial charge in [-0.05, 0) is 13.8 Å². The first kappa shape index (κ1) is 12.3. The quantitative estimate of drug-likeness (QED) is 0.872. The molecule has 0 spiro atoms. The molecule has 2 rings (SSSR count). The highest BCUT2D eigenvalue weighted by Gasteiger charge is 2.26. The van der Waals surface area contributed by atoms with Crippen molar-refractivity contribution in [3.63, 3.8) is 0 Å². The topological polar surface area (TPSA) is 56.7 Å². The second-order valence-corrected chi connectivity index (χ2v) is 5.73. The van der Waals surface area contributed by atoms with Gasteiger partial charge in [-0.3, -0.25) is 4.90 Å². The van der Waals surface area contributed by atoms with Gasteiger partial charge < -0.3 is 10.0 Å². The van der Waals surface area contributed by atoms with Crippen LogP contribution in [0.1, 0.15) is 16.8 Å². The summed E-state index contributed by atoms with van der Waals surface area (Å²) in [6.07, 6.45) is 1.07. The molecular formula is C11H17N3O2S.